The Bertz CT molecular complexity index is 1150. The quantitative estimate of drug-likeness (QED) is 0.564. The molecule has 0 bridgehead atoms. The van der Waals surface area contributed by atoms with Gasteiger partial charge in [0.25, 0.3) is 5.89 Å². The van der Waals surface area contributed by atoms with Crippen molar-refractivity contribution in [3.8, 4) is 11.6 Å². The molecule has 2 aromatic carbocycles. The van der Waals surface area contributed by atoms with Gasteiger partial charge in [-0.2, -0.15) is 10.1 Å². The highest BCUT2D eigenvalue weighted by Gasteiger charge is 2.51. The van der Waals surface area contributed by atoms with Crippen LogP contribution in [0.5, 0.6) is 0 Å². The smallest absolute Gasteiger partial charge is 0.279 e. The Hall–Kier alpha value is -2.73. The summed E-state index contributed by atoms with van der Waals surface area (Å²) in [5, 5.41) is 12.9. The van der Waals surface area contributed by atoms with E-state index in [9.17, 15) is 4.39 Å². The Kier molecular flexibility index (Phi) is 3.21. The molecule has 0 atom stereocenters. The minimum Gasteiger partial charge on any atom is -0.332 e. The predicted octanol–water partition coefficient (Wildman–Crippen LogP) is 4.79. The first kappa shape index (κ1) is 15.5. The third kappa shape index (κ3) is 2.25. The van der Waals surface area contributed by atoms with Gasteiger partial charge in [0, 0.05) is 10.4 Å². The average Bonchev–Trinajstić information content (AvgIpc) is 3.09. The number of rotatable bonds is 3. The van der Waals surface area contributed by atoms with Crippen LogP contribution in [0.4, 0.5) is 4.39 Å². The molecule has 0 unspecified atom stereocenters. The summed E-state index contributed by atoms with van der Waals surface area (Å²) in [6.07, 6.45) is 1.74. The third-order valence-corrected chi connectivity index (χ3v) is 5.28. The summed E-state index contributed by atoms with van der Waals surface area (Å²) in [5.41, 5.74) is 2.96. The van der Waals surface area contributed by atoms with Crippen LogP contribution < -0.4 is 0 Å². The fourth-order valence-corrected chi connectivity index (χ4v) is 3.69. The van der Waals surface area contributed by atoms with Crippen molar-refractivity contribution in [1.82, 2.24) is 20.3 Å². The summed E-state index contributed by atoms with van der Waals surface area (Å²) in [4.78, 5) is 4.59. The molecular formula is C19H14ClFN4O. The van der Waals surface area contributed by atoms with Crippen LogP contribution in [0.3, 0.4) is 0 Å². The molecule has 2 aromatic heterocycles. The maximum atomic E-state index is 13.8. The van der Waals surface area contributed by atoms with E-state index in [1.165, 1.54) is 6.07 Å². The van der Waals surface area contributed by atoms with E-state index in [1.807, 2.05) is 13.0 Å². The number of nitrogens with zero attached hydrogens (tertiary/aromatic N) is 3. The molecule has 0 amide bonds. The first-order valence-corrected chi connectivity index (χ1v) is 8.69. The number of benzene rings is 2. The number of aryl methyl sites for hydroxylation is 1. The molecule has 4 aromatic rings. The second-order valence-corrected chi connectivity index (χ2v) is 7.16. The number of fused-ring (bicyclic) bond motifs is 1. The number of H-pyrrole nitrogens is 1. The van der Waals surface area contributed by atoms with Gasteiger partial charge in [-0.25, -0.2) is 4.39 Å². The minimum atomic E-state index is -0.372. The lowest BCUT2D eigenvalue weighted by Crippen LogP contribution is -2.13. The van der Waals surface area contributed by atoms with E-state index in [0.717, 1.165) is 34.9 Å². The summed E-state index contributed by atoms with van der Waals surface area (Å²) in [6.45, 7) is 1.97. The molecular weight excluding hydrogens is 355 g/mol. The monoisotopic (exact) mass is 368 g/mol. The molecule has 1 saturated carbocycles. The van der Waals surface area contributed by atoms with E-state index in [2.05, 4.69) is 20.3 Å². The predicted molar refractivity (Wildman–Crippen MR) is 95.5 cm³/mol. The number of nitrogens with one attached hydrogen (secondary N) is 1. The van der Waals surface area contributed by atoms with Gasteiger partial charge < -0.3 is 4.52 Å². The van der Waals surface area contributed by atoms with Crippen molar-refractivity contribution in [2.45, 2.75) is 25.2 Å². The van der Waals surface area contributed by atoms with Crippen molar-refractivity contribution in [3.05, 3.63) is 64.2 Å². The highest BCUT2D eigenvalue weighted by Crippen LogP contribution is 2.53. The highest BCUT2D eigenvalue weighted by molar-refractivity contribution is 6.31. The van der Waals surface area contributed by atoms with E-state index in [1.54, 1.807) is 24.3 Å². The van der Waals surface area contributed by atoms with E-state index in [0.29, 0.717) is 22.4 Å². The molecule has 0 radical (unpaired) electrons. The van der Waals surface area contributed by atoms with E-state index >= 15 is 0 Å². The fraction of sp³-hybridized carbons (Fsp3) is 0.211. The lowest BCUT2D eigenvalue weighted by atomic mass is 9.91. The zero-order chi connectivity index (χ0) is 17.9. The van der Waals surface area contributed by atoms with Gasteiger partial charge in [0.15, 0.2) is 11.5 Å². The summed E-state index contributed by atoms with van der Waals surface area (Å²) in [6, 6.07) is 10.3. The van der Waals surface area contributed by atoms with Crippen LogP contribution in [-0.2, 0) is 5.41 Å². The molecule has 0 aliphatic heterocycles. The maximum absolute atomic E-state index is 13.8. The molecule has 1 aliphatic rings. The van der Waals surface area contributed by atoms with Gasteiger partial charge in [0.2, 0.25) is 0 Å². The van der Waals surface area contributed by atoms with Gasteiger partial charge in [-0.15, -0.1) is 0 Å². The van der Waals surface area contributed by atoms with E-state index in [-0.39, 0.29) is 11.2 Å². The number of hydrogen-bond donors (Lipinski definition) is 1. The summed E-state index contributed by atoms with van der Waals surface area (Å²) < 4.78 is 19.3. The van der Waals surface area contributed by atoms with Crippen LogP contribution in [-0.4, -0.2) is 20.3 Å². The van der Waals surface area contributed by atoms with Crippen molar-refractivity contribution in [1.29, 1.82) is 0 Å². The largest absolute Gasteiger partial charge is 0.332 e. The van der Waals surface area contributed by atoms with E-state index < -0.39 is 0 Å². The molecule has 26 heavy (non-hydrogen) atoms. The summed E-state index contributed by atoms with van der Waals surface area (Å²) >= 11 is 6.01. The Balaban J connectivity index is 1.59. The van der Waals surface area contributed by atoms with Crippen LogP contribution in [0.15, 0.2) is 40.9 Å². The molecule has 0 saturated heterocycles. The molecule has 0 spiro atoms. The molecule has 1 N–H and O–H groups in total. The van der Waals surface area contributed by atoms with Crippen LogP contribution in [0.2, 0.25) is 5.02 Å². The normalized spacial score (nSPS) is 15.5. The first-order valence-electron chi connectivity index (χ1n) is 8.32. The van der Waals surface area contributed by atoms with Gasteiger partial charge in [-0.05, 0) is 61.2 Å². The molecule has 5 rings (SSSR count). The van der Waals surface area contributed by atoms with Gasteiger partial charge in [-0.3, -0.25) is 5.10 Å². The van der Waals surface area contributed by atoms with Crippen molar-refractivity contribution < 1.29 is 8.91 Å². The van der Waals surface area contributed by atoms with Crippen LogP contribution >= 0.6 is 11.6 Å². The number of aromatic nitrogens is 4. The zero-order valence-electron chi connectivity index (χ0n) is 13.9. The molecule has 2 heterocycles. The van der Waals surface area contributed by atoms with Gasteiger partial charge in [0.05, 0.1) is 10.9 Å². The Morgan fingerprint density at radius 1 is 1.19 bits per heavy atom. The second kappa shape index (κ2) is 5.38. The molecule has 1 aliphatic carbocycles. The lowest BCUT2D eigenvalue weighted by molar-refractivity contribution is 0.416. The van der Waals surface area contributed by atoms with Gasteiger partial charge in [-0.1, -0.05) is 22.8 Å². The van der Waals surface area contributed by atoms with Crippen molar-refractivity contribution in [2.24, 2.45) is 0 Å². The van der Waals surface area contributed by atoms with Crippen LogP contribution in [0.25, 0.3) is 22.5 Å². The zero-order valence-corrected chi connectivity index (χ0v) is 14.6. The summed E-state index contributed by atoms with van der Waals surface area (Å²) in [7, 11) is 0. The van der Waals surface area contributed by atoms with Crippen LogP contribution in [0, 0.1) is 12.7 Å². The molecule has 130 valence electrons. The number of hydrogen-bond acceptors (Lipinski definition) is 4. The third-order valence-electron chi connectivity index (χ3n) is 5.05. The van der Waals surface area contributed by atoms with E-state index in [4.69, 9.17) is 16.1 Å². The number of halogens is 2. The summed E-state index contributed by atoms with van der Waals surface area (Å²) in [5.74, 6) is 0.663. The molecule has 7 heteroatoms. The Morgan fingerprint density at radius 2 is 2.04 bits per heavy atom. The topological polar surface area (TPSA) is 67.6 Å². The van der Waals surface area contributed by atoms with Crippen molar-refractivity contribution in [2.75, 3.05) is 0 Å². The highest BCUT2D eigenvalue weighted by atomic mass is 35.5. The first-order chi connectivity index (χ1) is 12.6. The maximum Gasteiger partial charge on any atom is 0.279 e. The Morgan fingerprint density at radius 3 is 2.85 bits per heavy atom. The molecule has 5 nitrogen and oxygen atoms in total. The van der Waals surface area contributed by atoms with Crippen molar-refractivity contribution in [3.63, 3.8) is 0 Å². The Labute approximate surface area is 153 Å². The van der Waals surface area contributed by atoms with Gasteiger partial charge in [0.1, 0.15) is 5.82 Å². The van der Waals surface area contributed by atoms with Gasteiger partial charge >= 0.3 is 0 Å². The molecule has 1 fully saturated rings. The van der Waals surface area contributed by atoms with Crippen molar-refractivity contribution >= 4 is 22.5 Å². The lowest BCUT2D eigenvalue weighted by Gasteiger charge is -2.14. The number of aromatic amines is 1. The van der Waals surface area contributed by atoms with Crippen LogP contribution in [0.1, 0.15) is 29.8 Å². The minimum absolute atomic E-state index is 0.254. The standard InChI is InChI=1S/C19H14ClFN4O/c1-10-2-4-12(21)9-14(10)19(6-7-19)18-22-17(26-25-18)16-13-5-3-11(20)8-15(13)23-24-16/h2-5,8-9H,6-7H2,1H3,(H,23,24). The SMILES string of the molecule is Cc1ccc(F)cc1C1(c2noc(-c3n[nH]c4cc(Cl)ccc34)n2)CC1. The second-order valence-electron chi connectivity index (χ2n) is 6.73. The fourth-order valence-electron chi connectivity index (χ4n) is 3.52. The average molecular weight is 369 g/mol.